The van der Waals surface area contributed by atoms with Crippen LogP contribution in [-0.2, 0) is 35.8 Å². The van der Waals surface area contributed by atoms with Gasteiger partial charge in [-0.05, 0) is 54.5 Å². The van der Waals surface area contributed by atoms with Crippen LogP contribution in [0.3, 0.4) is 0 Å². The Kier molecular flexibility index (Phi) is 11.2. The maximum atomic E-state index is 12.5. The molecule has 2 aromatic rings. The lowest BCUT2D eigenvalue weighted by Crippen LogP contribution is -2.38. The molecule has 0 radical (unpaired) electrons. The third-order valence-electron chi connectivity index (χ3n) is 5.14. The van der Waals surface area contributed by atoms with Gasteiger partial charge in [-0.1, -0.05) is 48.5 Å². The Morgan fingerprint density at radius 1 is 0.862 bits per heavy atom. The van der Waals surface area contributed by atoms with E-state index >= 15 is 0 Å². The van der Waals surface area contributed by atoms with Crippen molar-refractivity contribution in [1.29, 1.82) is 0 Å². The quantitative estimate of drug-likeness (QED) is 0.476. The predicted octanol–water partition coefficient (Wildman–Crippen LogP) is 2.60. The minimum Gasteiger partial charge on any atom is -0.326 e. The summed E-state index contributed by atoms with van der Waals surface area (Å²) in [6.45, 7) is 2.52. The summed E-state index contributed by atoms with van der Waals surface area (Å²) in [6, 6.07) is 16.4. The highest BCUT2D eigenvalue weighted by Gasteiger charge is 2.31. The van der Waals surface area contributed by atoms with Gasteiger partial charge in [0.2, 0.25) is 10.0 Å². The van der Waals surface area contributed by atoms with Crippen LogP contribution in [0.5, 0.6) is 0 Å². The van der Waals surface area contributed by atoms with Gasteiger partial charge in [0.05, 0.1) is 5.25 Å². The van der Waals surface area contributed by atoms with E-state index in [1.807, 2.05) is 24.3 Å². The summed E-state index contributed by atoms with van der Waals surface area (Å²) in [5, 5.41) is 2.97. The standard InChI is InChI=1S/C21H29N3O2S.2ClH/c22-16-18-9-7-17(8-10-18)4-3-11-23-12-13-24-27(25,26)21-14-19-5-1-2-6-20(19)15-21;;/h1-2,5-10,21,23-24H,3-4,11-16,22H2;2*1H. The first kappa shape index (κ1) is 25.9. The van der Waals surface area contributed by atoms with E-state index in [2.05, 4.69) is 34.3 Å². The van der Waals surface area contributed by atoms with E-state index < -0.39 is 10.0 Å². The van der Waals surface area contributed by atoms with E-state index in [4.69, 9.17) is 5.73 Å². The van der Waals surface area contributed by atoms with Gasteiger partial charge in [-0.25, -0.2) is 13.1 Å². The summed E-state index contributed by atoms with van der Waals surface area (Å²) in [6.07, 6.45) is 3.25. The molecule has 0 fully saturated rings. The number of nitrogens with one attached hydrogen (secondary N) is 2. The fourth-order valence-corrected chi connectivity index (χ4v) is 4.94. The molecule has 0 heterocycles. The summed E-state index contributed by atoms with van der Waals surface area (Å²) in [7, 11) is -3.27. The van der Waals surface area contributed by atoms with Crippen LogP contribution in [0.25, 0.3) is 0 Å². The van der Waals surface area contributed by atoms with Crippen molar-refractivity contribution in [3.8, 4) is 0 Å². The Bertz CT molecular complexity index is 820. The summed E-state index contributed by atoms with van der Waals surface area (Å²) in [4.78, 5) is 0. The van der Waals surface area contributed by atoms with Crippen molar-refractivity contribution >= 4 is 34.8 Å². The molecule has 0 aromatic heterocycles. The third-order valence-corrected chi connectivity index (χ3v) is 6.95. The number of sulfonamides is 1. The Morgan fingerprint density at radius 2 is 1.45 bits per heavy atom. The second kappa shape index (κ2) is 12.5. The van der Waals surface area contributed by atoms with Gasteiger partial charge in [-0.15, -0.1) is 24.8 Å². The number of fused-ring (bicyclic) bond motifs is 1. The first-order chi connectivity index (χ1) is 13.1. The van der Waals surface area contributed by atoms with Gasteiger partial charge in [-0.3, -0.25) is 0 Å². The average molecular weight is 460 g/mol. The van der Waals surface area contributed by atoms with Crippen LogP contribution in [-0.4, -0.2) is 33.3 Å². The Hall–Kier alpha value is -1.15. The zero-order chi connectivity index (χ0) is 19.1. The molecule has 0 saturated carbocycles. The van der Waals surface area contributed by atoms with Crippen LogP contribution in [0.2, 0.25) is 0 Å². The minimum absolute atomic E-state index is 0. The largest absolute Gasteiger partial charge is 0.326 e. The Morgan fingerprint density at radius 3 is 2.03 bits per heavy atom. The van der Waals surface area contributed by atoms with Gasteiger partial charge in [0, 0.05) is 19.6 Å². The zero-order valence-corrected chi connectivity index (χ0v) is 18.9. The van der Waals surface area contributed by atoms with Crippen molar-refractivity contribution in [1.82, 2.24) is 10.0 Å². The van der Waals surface area contributed by atoms with Crippen LogP contribution < -0.4 is 15.8 Å². The highest BCUT2D eigenvalue weighted by molar-refractivity contribution is 7.90. The van der Waals surface area contributed by atoms with Crippen molar-refractivity contribution in [2.24, 2.45) is 5.73 Å². The Balaban J connectivity index is 0.00000210. The second-order valence-corrected chi connectivity index (χ2v) is 9.16. The molecular formula is C21H31Cl2N3O2S. The number of hydrogen-bond acceptors (Lipinski definition) is 4. The van der Waals surface area contributed by atoms with Gasteiger partial charge in [0.25, 0.3) is 0 Å². The summed E-state index contributed by atoms with van der Waals surface area (Å²) in [5.74, 6) is 0. The second-order valence-electron chi connectivity index (χ2n) is 7.11. The number of halogens is 2. The lowest BCUT2D eigenvalue weighted by Gasteiger charge is -2.13. The average Bonchev–Trinajstić information content (AvgIpc) is 3.13. The van der Waals surface area contributed by atoms with Gasteiger partial charge >= 0.3 is 0 Å². The van der Waals surface area contributed by atoms with Gasteiger partial charge in [0.1, 0.15) is 0 Å². The smallest absolute Gasteiger partial charge is 0.215 e. The summed E-state index contributed by atoms with van der Waals surface area (Å²) in [5.41, 5.74) is 10.4. The van der Waals surface area contributed by atoms with Crippen LogP contribution in [0.15, 0.2) is 48.5 Å². The van der Waals surface area contributed by atoms with E-state index in [1.54, 1.807) is 0 Å². The zero-order valence-electron chi connectivity index (χ0n) is 16.5. The third kappa shape index (κ3) is 7.55. The van der Waals surface area contributed by atoms with E-state index in [-0.39, 0.29) is 30.1 Å². The molecule has 0 amide bonds. The molecule has 162 valence electrons. The van der Waals surface area contributed by atoms with Crippen LogP contribution in [0, 0.1) is 0 Å². The maximum Gasteiger partial charge on any atom is 0.215 e. The highest BCUT2D eigenvalue weighted by Crippen LogP contribution is 2.25. The molecule has 0 bridgehead atoms. The van der Waals surface area contributed by atoms with Crippen molar-refractivity contribution in [3.05, 3.63) is 70.8 Å². The summed E-state index contributed by atoms with van der Waals surface area (Å²) >= 11 is 0. The van der Waals surface area contributed by atoms with Gasteiger partial charge in [0.15, 0.2) is 0 Å². The highest BCUT2D eigenvalue weighted by atomic mass is 35.5. The molecule has 29 heavy (non-hydrogen) atoms. The molecule has 0 unspecified atom stereocenters. The lowest BCUT2D eigenvalue weighted by molar-refractivity contribution is 0.560. The maximum absolute atomic E-state index is 12.5. The monoisotopic (exact) mass is 459 g/mol. The molecule has 0 spiro atoms. The minimum atomic E-state index is -3.27. The van der Waals surface area contributed by atoms with Crippen molar-refractivity contribution in [2.45, 2.75) is 37.5 Å². The fourth-order valence-electron chi connectivity index (χ4n) is 3.52. The van der Waals surface area contributed by atoms with Crippen molar-refractivity contribution in [3.63, 3.8) is 0 Å². The van der Waals surface area contributed by atoms with E-state index in [0.717, 1.165) is 36.1 Å². The van der Waals surface area contributed by atoms with Crippen LogP contribution in [0.1, 0.15) is 28.7 Å². The van der Waals surface area contributed by atoms with E-state index in [9.17, 15) is 8.42 Å². The molecule has 4 N–H and O–H groups in total. The van der Waals surface area contributed by atoms with Crippen LogP contribution in [0.4, 0.5) is 0 Å². The number of benzene rings is 2. The van der Waals surface area contributed by atoms with Gasteiger partial charge in [-0.2, -0.15) is 0 Å². The lowest BCUT2D eigenvalue weighted by atomic mass is 10.1. The normalized spacial score (nSPS) is 13.4. The molecule has 5 nitrogen and oxygen atoms in total. The number of aryl methyl sites for hydroxylation is 1. The molecule has 0 atom stereocenters. The fraction of sp³-hybridized carbons (Fsp3) is 0.429. The van der Waals surface area contributed by atoms with Crippen molar-refractivity contribution in [2.75, 3.05) is 19.6 Å². The van der Waals surface area contributed by atoms with Gasteiger partial charge < -0.3 is 11.1 Å². The Labute approximate surface area is 186 Å². The number of hydrogen-bond donors (Lipinski definition) is 3. The topological polar surface area (TPSA) is 84.2 Å². The molecule has 2 aromatic carbocycles. The first-order valence-electron chi connectivity index (χ1n) is 9.62. The predicted molar refractivity (Wildman–Crippen MR) is 125 cm³/mol. The number of nitrogens with two attached hydrogens (primary N) is 1. The van der Waals surface area contributed by atoms with E-state index in [1.165, 1.54) is 5.56 Å². The SMILES string of the molecule is Cl.Cl.NCc1ccc(CCCNCCNS(=O)(=O)C2Cc3ccccc3C2)cc1. The number of rotatable bonds is 10. The van der Waals surface area contributed by atoms with Crippen molar-refractivity contribution < 1.29 is 8.42 Å². The molecule has 1 aliphatic rings. The molecule has 0 saturated heterocycles. The first-order valence-corrected chi connectivity index (χ1v) is 11.2. The molecular weight excluding hydrogens is 429 g/mol. The molecule has 0 aliphatic heterocycles. The van der Waals surface area contributed by atoms with Crippen LogP contribution >= 0.6 is 24.8 Å². The van der Waals surface area contributed by atoms with E-state index in [0.29, 0.717) is 32.5 Å². The molecule has 8 heteroatoms. The molecule has 1 aliphatic carbocycles. The summed E-state index contributed by atoms with van der Waals surface area (Å²) < 4.78 is 27.7. The molecule has 3 rings (SSSR count).